The minimum atomic E-state index is -1.26. The van der Waals surface area contributed by atoms with Gasteiger partial charge >= 0.3 is 18.0 Å². The van der Waals surface area contributed by atoms with Crippen molar-refractivity contribution in [2.24, 2.45) is 0 Å². The average molecular weight is 297 g/mol. The lowest BCUT2D eigenvalue weighted by Crippen LogP contribution is -2.50. The van der Waals surface area contributed by atoms with Gasteiger partial charge < -0.3 is 25.0 Å². The monoisotopic (exact) mass is 297 g/mol. The molecule has 0 unspecified atom stereocenters. The van der Waals surface area contributed by atoms with Crippen molar-refractivity contribution >= 4 is 18.0 Å². The summed E-state index contributed by atoms with van der Waals surface area (Å²) in [7, 11) is 0. The number of urea groups is 1. The number of amides is 2. The Labute approximate surface area is 119 Å². The molecule has 1 aliphatic rings. The number of aromatic nitrogens is 3. The lowest BCUT2D eigenvalue weighted by Gasteiger charge is -2.28. The van der Waals surface area contributed by atoms with Gasteiger partial charge in [-0.25, -0.2) is 9.59 Å². The van der Waals surface area contributed by atoms with Gasteiger partial charge in [0.2, 0.25) is 0 Å². The Kier molecular flexibility index (Phi) is 4.36. The third-order valence-corrected chi connectivity index (χ3v) is 3.17. The summed E-state index contributed by atoms with van der Waals surface area (Å²) in [6, 6.07) is -1.78. The molecule has 114 valence electrons. The molecular formula is C11H15N5O5. The van der Waals surface area contributed by atoms with Gasteiger partial charge in [-0.3, -0.25) is 4.79 Å². The Hall–Kier alpha value is -2.65. The summed E-state index contributed by atoms with van der Waals surface area (Å²) < 4.78 is 1.81. The van der Waals surface area contributed by atoms with E-state index in [0.717, 1.165) is 0 Å². The maximum absolute atomic E-state index is 12.0. The molecule has 0 saturated carbocycles. The molecule has 10 heteroatoms. The average Bonchev–Trinajstić information content (AvgIpc) is 2.89. The predicted octanol–water partition coefficient (Wildman–Crippen LogP) is -0.879. The molecular weight excluding hydrogens is 282 g/mol. The van der Waals surface area contributed by atoms with Crippen molar-refractivity contribution in [3.8, 4) is 0 Å². The van der Waals surface area contributed by atoms with E-state index < -0.39 is 24.0 Å². The third kappa shape index (κ3) is 3.68. The maximum Gasteiger partial charge on any atom is 0.326 e. The molecule has 3 N–H and O–H groups in total. The molecule has 0 aliphatic carbocycles. The smallest absolute Gasteiger partial charge is 0.326 e. The molecule has 0 bridgehead atoms. The normalized spacial score (nSPS) is 15.1. The van der Waals surface area contributed by atoms with Crippen LogP contribution < -0.4 is 5.32 Å². The number of carbonyl (C=O) groups excluding carboxylic acids is 1. The number of hydrogen-bond acceptors (Lipinski definition) is 5. The van der Waals surface area contributed by atoms with Gasteiger partial charge in [-0.1, -0.05) is 0 Å². The van der Waals surface area contributed by atoms with Gasteiger partial charge in [0.25, 0.3) is 0 Å². The number of carbonyl (C=O) groups is 3. The summed E-state index contributed by atoms with van der Waals surface area (Å²) in [4.78, 5) is 35.0. The molecule has 10 nitrogen and oxygen atoms in total. The van der Waals surface area contributed by atoms with Crippen LogP contribution in [-0.4, -0.2) is 60.4 Å². The first kappa shape index (κ1) is 14.8. The number of carboxylic acid groups (broad SMARTS) is 2. The van der Waals surface area contributed by atoms with Crippen LogP contribution in [0.3, 0.4) is 0 Å². The summed E-state index contributed by atoms with van der Waals surface area (Å²) in [6.45, 7) is 1.17. The number of fused-ring (bicyclic) bond motifs is 1. The van der Waals surface area contributed by atoms with Crippen molar-refractivity contribution in [2.45, 2.75) is 32.0 Å². The Morgan fingerprint density at radius 1 is 1.33 bits per heavy atom. The lowest BCUT2D eigenvalue weighted by molar-refractivity contribution is -0.140. The van der Waals surface area contributed by atoms with Gasteiger partial charge in [0.05, 0.1) is 6.54 Å². The van der Waals surface area contributed by atoms with Crippen LogP contribution in [0.25, 0.3) is 0 Å². The fourth-order valence-electron chi connectivity index (χ4n) is 2.01. The van der Waals surface area contributed by atoms with Crippen LogP contribution >= 0.6 is 0 Å². The summed E-state index contributed by atoms with van der Waals surface area (Å²) >= 11 is 0. The molecule has 1 aromatic heterocycles. The number of hydrogen-bond donors (Lipinski definition) is 3. The number of nitrogens with one attached hydrogen (secondary N) is 1. The SMILES string of the molecule is O=C(O)CC[C@H](NC(=O)N1CCn2cnnc2C1)C(=O)O. The van der Waals surface area contributed by atoms with E-state index in [1.165, 1.54) is 4.90 Å². The van der Waals surface area contributed by atoms with Gasteiger partial charge in [0.15, 0.2) is 5.82 Å². The molecule has 0 spiro atoms. The Morgan fingerprint density at radius 3 is 2.76 bits per heavy atom. The fraction of sp³-hybridized carbons (Fsp3) is 0.545. The van der Waals surface area contributed by atoms with E-state index in [1.807, 2.05) is 4.57 Å². The zero-order valence-corrected chi connectivity index (χ0v) is 11.1. The predicted molar refractivity (Wildman–Crippen MR) is 67.3 cm³/mol. The van der Waals surface area contributed by atoms with Gasteiger partial charge in [0.1, 0.15) is 12.4 Å². The zero-order chi connectivity index (χ0) is 15.4. The summed E-state index contributed by atoms with van der Waals surface area (Å²) in [5.74, 6) is -1.75. The van der Waals surface area contributed by atoms with Gasteiger partial charge in [-0.2, -0.15) is 0 Å². The Bertz CT molecular complexity index is 557. The Balaban J connectivity index is 1.93. The zero-order valence-electron chi connectivity index (χ0n) is 11.1. The summed E-state index contributed by atoms with van der Waals surface area (Å²) in [5.41, 5.74) is 0. The second-order valence-corrected chi connectivity index (χ2v) is 4.63. The van der Waals surface area contributed by atoms with Gasteiger partial charge in [-0.05, 0) is 6.42 Å². The summed E-state index contributed by atoms with van der Waals surface area (Å²) in [5, 5.41) is 27.5. The molecule has 2 amide bonds. The molecule has 1 aliphatic heterocycles. The van der Waals surface area contributed by atoms with Crippen LogP contribution in [-0.2, 0) is 22.7 Å². The minimum absolute atomic E-state index is 0.166. The highest BCUT2D eigenvalue weighted by Crippen LogP contribution is 2.09. The van der Waals surface area contributed by atoms with Gasteiger partial charge in [-0.15, -0.1) is 10.2 Å². The first-order valence-corrected chi connectivity index (χ1v) is 6.34. The summed E-state index contributed by atoms with van der Waals surface area (Å²) in [6.07, 6.45) is 1.07. The molecule has 2 heterocycles. The van der Waals surface area contributed by atoms with E-state index in [-0.39, 0.29) is 19.4 Å². The van der Waals surface area contributed by atoms with Crippen LogP contribution in [0.1, 0.15) is 18.7 Å². The first-order chi connectivity index (χ1) is 9.97. The van der Waals surface area contributed by atoms with E-state index in [0.29, 0.717) is 18.9 Å². The number of nitrogens with zero attached hydrogens (tertiary/aromatic N) is 4. The molecule has 1 aromatic rings. The molecule has 1 atom stereocenters. The van der Waals surface area contributed by atoms with Crippen molar-refractivity contribution in [3.63, 3.8) is 0 Å². The standard InChI is InChI=1S/C11H15N5O5/c17-9(18)2-1-7(10(19)20)13-11(21)15-3-4-16-6-12-14-8(16)5-15/h6-7H,1-5H2,(H,13,21)(H,17,18)(H,19,20)/t7-/m0/s1. The van der Waals surface area contributed by atoms with Crippen molar-refractivity contribution < 1.29 is 24.6 Å². The molecule has 0 aromatic carbocycles. The van der Waals surface area contributed by atoms with Crippen LogP contribution in [0.5, 0.6) is 0 Å². The van der Waals surface area contributed by atoms with Crippen LogP contribution in [0.4, 0.5) is 4.79 Å². The molecule has 0 fully saturated rings. The number of aliphatic carboxylic acids is 2. The number of rotatable bonds is 5. The first-order valence-electron chi connectivity index (χ1n) is 6.34. The van der Waals surface area contributed by atoms with Crippen LogP contribution in [0.2, 0.25) is 0 Å². The highest BCUT2D eigenvalue weighted by Gasteiger charge is 2.26. The second-order valence-electron chi connectivity index (χ2n) is 4.63. The third-order valence-electron chi connectivity index (χ3n) is 3.17. The Morgan fingerprint density at radius 2 is 2.10 bits per heavy atom. The van der Waals surface area contributed by atoms with Crippen molar-refractivity contribution in [1.82, 2.24) is 25.0 Å². The lowest BCUT2D eigenvalue weighted by atomic mass is 10.1. The van der Waals surface area contributed by atoms with E-state index in [1.54, 1.807) is 6.33 Å². The largest absolute Gasteiger partial charge is 0.481 e. The van der Waals surface area contributed by atoms with E-state index in [4.69, 9.17) is 10.2 Å². The van der Waals surface area contributed by atoms with Crippen LogP contribution in [0, 0.1) is 0 Å². The van der Waals surface area contributed by atoms with Gasteiger partial charge in [0, 0.05) is 19.5 Å². The van der Waals surface area contributed by atoms with E-state index in [2.05, 4.69) is 15.5 Å². The highest BCUT2D eigenvalue weighted by atomic mass is 16.4. The van der Waals surface area contributed by atoms with E-state index >= 15 is 0 Å². The minimum Gasteiger partial charge on any atom is -0.481 e. The molecule has 0 saturated heterocycles. The highest BCUT2D eigenvalue weighted by molar-refractivity contribution is 5.83. The topological polar surface area (TPSA) is 138 Å². The van der Waals surface area contributed by atoms with Crippen molar-refractivity contribution in [1.29, 1.82) is 0 Å². The molecule has 2 rings (SSSR count). The van der Waals surface area contributed by atoms with E-state index in [9.17, 15) is 14.4 Å². The van der Waals surface area contributed by atoms with Crippen LogP contribution in [0.15, 0.2) is 6.33 Å². The molecule has 21 heavy (non-hydrogen) atoms. The molecule has 0 radical (unpaired) electrons. The van der Waals surface area contributed by atoms with Crippen molar-refractivity contribution in [2.75, 3.05) is 6.54 Å². The maximum atomic E-state index is 12.0. The quantitative estimate of drug-likeness (QED) is 0.641. The number of carboxylic acids is 2. The second kappa shape index (κ2) is 6.20. The fourth-order valence-corrected chi connectivity index (χ4v) is 2.01. The van der Waals surface area contributed by atoms with Crippen molar-refractivity contribution in [3.05, 3.63) is 12.2 Å².